The highest BCUT2D eigenvalue weighted by atomic mass is 32.2. The number of anilines is 2. The highest BCUT2D eigenvalue weighted by molar-refractivity contribution is 7.92. The Hall–Kier alpha value is -3.66. The molecule has 10 heteroatoms. The molecule has 0 aliphatic rings. The number of carbonyl (C=O) groups excluding carboxylic acids is 2. The van der Waals surface area contributed by atoms with Crippen LogP contribution in [0.1, 0.15) is 16.1 Å². The van der Waals surface area contributed by atoms with E-state index in [4.69, 9.17) is 4.42 Å². The van der Waals surface area contributed by atoms with Gasteiger partial charge in [-0.2, -0.15) is 0 Å². The molecular formula is C21H20FN3O5S. The second-order valence-corrected chi connectivity index (χ2v) is 8.51. The van der Waals surface area contributed by atoms with Crippen molar-refractivity contribution in [3.8, 4) is 0 Å². The molecule has 2 N–H and O–H groups in total. The molecule has 2 amide bonds. The first kappa shape index (κ1) is 22.0. The molecule has 1 heterocycles. The van der Waals surface area contributed by atoms with E-state index in [1.54, 1.807) is 24.3 Å². The third-order valence-corrected chi connectivity index (χ3v) is 5.37. The number of rotatable bonds is 8. The van der Waals surface area contributed by atoms with Gasteiger partial charge in [0.15, 0.2) is 0 Å². The minimum absolute atomic E-state index is 0.0159. The predicted octanol–water partition coefficient (Wildman–Crippen LogP) is 2.75. The zero-order valence-electron chi connectivity index (χ0n) is 16.5. The van der Waals surface area contributed by atoms with Gasteiger partial charge in [0.05, 0.1) is 36.0 Å². The summed E-state index contributed by atoms with van der Waals surface area (Å²) in [6, 6.07) is 14.6. The van der Waals surface area contributed by atoms with Gasteiger partial charge in [-0.05, 0) is 42.5 Å². The van der Waals surface area contributed by atoms with Crippen LogP contribution in [0.4, 0.5) is 15.8 Å². The minimum Gasteiger partial charge on any atom is -0.467 e. The summed E-state index contributed by atoms with van der Waals surface area (Å²) in [5.41, 5.74) is 0.415. The lowest BCUT2D eigenvalue weighted by atomic mass is 10.1. The van der Waals surface area contributed by atoms with E-state index in [0.29, 0.717) is 5.76 Å². The maximum Gasteiger partial charge on any atom is 0.253 e. The molecule has 0 aliphatic carbocycles. The molecule has 0 fully saturated rings. The largest absolute Gasteiger partial charge is 0.467 e. The summed E-state index contributed by atoms with van der Waals surface area (Å²) in [6.45, 7) is -0.430. The summed E-state index contributed by atoms with van der Waals surface area (Å²) < 4.78 is 43.8. The summed E-state index contributed by atoms with van der Waals surface area (Å²) in [5.74, 6) is -1.21. The molecule has 0 saturated heterocycles. The number of hydrogen-bond acceptors (Lipinski definition) is 5. The van der Waals surface area contributed by atoms with E-state index in [9.17, 15) is 22.4 Å². The summed E-state index contributed by atoms with van der Waals surface area (Å²) in [6.07, 6.45) is 2.41. The van der Waals surface area contributed by atoms with Crippen LogP contribution in [0.3, 0.4) is 0 Å². The zero-order valence-corrected chi connectivity index (χ0v) is 17.4. The van der Waals surface area contributed by atoms with E-state index >= 15 is 0 Å². The lowest BCUT2D eigenvalue weighted by Gasteiger charge is -2.22. The standard InChI is InChI=1S/C21H20FN3O5S/c1-31(28,29)25(16-7-4-6-15(22)12-16)14-20(26)24-19-10-3-2-9-18(19)21(27)23-13-17-8-5-11-30-17/h2-12H,13-14H2,1H3,(H,23,27)(H,24,26). The third kappa shape index (κ3) is 5.92. The Labute approximate surface area is 178 Å². The molecule has 0 aliphatic heterocycles. The molecule has 0 unspecified atom stereocenters. The number of sulfonamides is 1. The number of nitrogens with zero attached hydrogens (tertiary/aromatic N) is 1. The second kappa shape index (κ2) is 9.43. The summed E-state index contributed by atoms with van der Waals surface area (Å²) >= 11 is 0. The van der Waals surface area contributed by atoms with Gasteiger partial charge in [-0.25, -0.2) is 12.8 Å². The van der Waals surface area contributed by atoms with Crippen molar-refractivity contribution in [3.05, 3.63) is 84.1 Å². The Morgan fingerprint density at radius 2 is 1.84 bits per heavy atom. The van der Waals surface area contributed by atoms with Crippen LogP contribution in [0, 0.1) is 5.82 Å². The van der Waals surface area contributed by atoms with Crippen LogP contribution < -0.4 is 14.9 Å². The topological polar surface area (TPSA) is 109 Å². The predicted molar refractivity (Wildman–Crippen MR) is 114 cm³/mol. The van der Waals surface area contributed by atoms with Gasteiger partial charge in [-0.15, -0.1) is 0 Å². The van der Waals surface area contributed by atoms with Crippen molar-refractivity contribution in [1.29, 1.82) is 0 Å². The highest BCUT2D eigenvalue weighted by Crippen LogP contribution is 2.20. The Morgan fingerprint density at radius 3 is 2.52 bits per heavy atom. The summed E-state index contributed by atoms with van der Waals surface area (Å²) in [5, 5.41) is 5.23. The molecule has 31 heavy (non-hydrogen) atoms. The molecule has 8 nitrogen and oxygen atoms in total. The fraction of sp³-hybridized carbons (Fsp3) is 0.143. The number of nitrogens with one attached hydrogen (secondary N) is 2. The van der Waals surface area contributed by atoms with Crippen LogP contribution in [0.2, 0.25) is 0 Å². The number of carbonyl (C=O) groups is 2. The van der Waals surface area contributed by atoms with Gasteiger partial charge in [0.1, 0.15) is 18.1 Å². The molecule has 162 valence electrons. The van der Waals surface area contributed by atoms with Crippen molar-refractivity contribution >= 4 is 33.2 Å². The molecular weight excluding hydrogens is 425 g/mol. The maximum atomic E-state index is 13.5. The summed E-state index contributed by atoms with van der Waals surface area (Å²) in [4.78, 5) is 25.1. The Balaban J connectivity index is 1.74. The molecule has 0 bridgehead atoms. The molecule has 0 saturated carbocycles. The fourth-order valence-electron chi connectivity index (χ4n) is 2.82. The third-order valence-electron chi connectivity index (χ3n) is 4.23. The molecule has 3 rings (SSSR count). The number of benzene rings is 2. The summed E-state index contributed by atoms with van der Waals surface area (Å²) in [7, 11) is -3.87. The molecule has 0 spiro atoms. The number of furan rings is 1. The first-order chi connectivity index (χ1) is 14.7. The van der Waals surface area contributed by atoms with E-state index in [1.165, 1.54) is 36.6 Å². The van der Waals surface area contributed by atoms with Crippen molar-refractivity contribution in [3.63, 3.8) is 0 Å². The lowest BCUT2D eigenvalue weighted by molar-refractivity contribution is -0.114. The van der Waals surface area contributed by atoms with Crippen molar-refractivity contribution in [2.24, 2.45) is 0 Å². The average molecular weight is 445 g/mol. The Kier molecular flexibility index (Phi) is 6.71. The smallest absolute Gasteiger partial charge is 0.253 e. The van der Waals surface area contributed by atoms with Crippen molar-refractivity contribution in [1.82, 2.24) is 5.32 Å². The van der Waals surface area contributed by atoms with Crippen molar-refractivity contribution in [2.45, 2.75) is 6.54 Å². The molecule has 0 radical (unpaired) electrons. The number of para-hydroxylation sites is 1. The first-order valence-corrected chi connectivity index (χ1v) is 11.0. The number of amides is 2. The number of hydrogen-bond donors (Lipinski definition) is 2. The Morgan fingerprint density at radius 1 is 1.06 bits per heavy atom. The van der Waals surface area contributed by atoms with Crippen LogP contribution in [-0.2, 0) is 21.4 Å². The van der Waals surface area contributed by atoms with Gasteiger partial charge in [0, 0.05) is 0 Å². The van der Waals surface area contributed by atoms with E-state index in [-0.39, 0.29) is 23.5 Å². The van der Waals surface area contributed by atoms with Gasteiger partial charge < -0.3 is 15.1 Å². The fourth-order valence-corrected chi connectivity index (χ4v) is 3.67. The number of halogens is 1. The lowest BCUT2D eigenvalue weighted by Crippen LogP contribution is -2.37. The normalized spacial score (nSPS) is 11.0. The van der Waals surface area contributed by atoms with E-state index < -0.39 is 34.2 Å². The van der Waals surface area contributed by atoms with Crippen molar-refractivity contribution in [2.75, 3.05) is 22.4 Å². The van der Waals surface area contributed by atoms with Gasteiger partial charge in [-0.1, -0.05) is 18.2 Å². The highest BCUT2D eigenvalue weighted by Gasteiger charge is 2.22. The van der Waals surface area contributed by atoms with Gasteiger partial charge in [0.25, 0.3) is 5.91 Å². The monoisotopic (exact) mass is 445 g/mol. The van der Waals surface area contributed by atoms with E-state index in [0.717, 1.165) is 16.6 Å². The van der Waals surface area contributed by atoms with E-state index in [2.05, 4.69) is 10.6 Å². The average Bonchev–Trinajstić information content (AvgIpc) is 3.23. The molecule has 3 aromatic rings. The Bertz CT molecular complexity index is 1180. The SMILES string of the molecule is CS(=O)(=O)N(CC(=O)Nc1ccccc1C(=O)NCc1ccco1)c1cccc(F)c1. The quantitative estimate of drug-likeness (QED) is 0.554. The van der Waals surface area contributed by atoms with E-state index in [1.807, 2.05) is 0 Å². The van der Waals surface area contributed by atoms with Crippen LogP contribution in [-0.4, -0.2) is 33.0 Å². The van der Waals surface area contributed by atoms with Crippen LogP contribution >= 0.6 is 0 Å². The van der Waals surface area contributed by atoms with Crippen LogP contribution in [0.15, 0.2) is 71.3 Å². The molecule has 0 atom stereocenters. The van der Waals surface area contributed by atoms with Crippen LogP contribution in [0.5, 0.6) is 0 Å². The van der Waals surface area contributed by atoms with Crippen LogP contribution in [0.25, 0.3) is 0 Å². The van der Waals surface area contributed by atoms with Gasteiger partial charge in [0.2, 0.25) is 15.9 Å². The first-order valence-electron chi connectivity index (χ1n) is 9.17. The second-order valence-electron chi connectivity index (χ2n) is 6.61. The molecule has 2 aromatic carbocycles. The minimum atomic E-state index is -3.87. The zero-order chi connectivity index (χ0) is 22.4. The molecule has 1 aromatic heterocycles. The van der Waals surface area contributed by atoms with Gasteiger partial charge in [-0.3, -0.25) is 13.9 Å². The maximum absolute atomic E-state index is 13.5. The van der Waals surface area contributed by atoms with Crippen molar-refractivity contribution < 1.29 is 26.8 Å². The van der Waals surface area contributed by atoms with Gasteiger partial charge >= 0.3 is 0 Å².